The van der Waals surface area contributed by atoms with Crippen LogP contribution >= 0.6 is 0 Å². The minimum Gasteiger partial charge on any atom is -0.299 e. The summed E-state index contributed by atoms with van der Waals surface area (Å²) in [4.78, 5) is 12.8. The lowest BCUT2D eigenvalue weighted by Crippen LogP contribution is -2.52. The van der Waals surface area contributed by atoms with Gasteiger partial charge >= 0.3 is 0 Å². The molecule has 2 aromatic carbocycles. The zero-order valence-corrected chi connectivity index (χ0v) is 14.6. The molecule has 0 aliphatic carbocycles. The minimum atomic E-state index is -3.69. The summed E-state index contributed by atoms with van der Waals surface area (Å²) in [7, 11) is -3.69. The van der Waals surface area contributed by atoms with E-state index in [4.69, 9.17) is 0 Å². The van der Waals surface area contributed by atoms with Gasteiger partial charge in [-0.15, -0.1) is 0 Å². The van der Waals surface area contributed by atoms with E-state index in [9.17, 15) is 13.2 Å². The first-order chi connectivity index (χ1) is 12.1. The van der Waals surface area contributed by atoms with Gasteiger partial charge in [0.25, 0.3) is 5.91 Å². The molecule has 0 bridgehead atoms. The van der Waals surface area contributed by atoms with Gasteiger partial charge in [0.1, 0.15) is 6.04 Å². The number of benzene rings is 2. The molecule has 1 aliphatic heterocycles. The van der Waals surface area contributed by atoms with Crippen LogP contribution in [0.4, 0.5) is 5.69 Å². The lowest BCUT2D eigenvalue weighted by Gasteiger charge is -2.33. The number of nitrogens with one attached hydrogen (secondary N) is 2. The van der Waals surface area contributed by atoms with Crippen molar-refractivity contribution < 1.29 is 13.2 Å². The minimum absolute atomic E-state index is 0.214. The summed E-state index contributed by atoms with van der Waals surface area (Å²) >= 11 is 0. The molecule has 1 atom stereocenters. The Morgan fingerprint density at radius 3 is 2.28 bits per heavy atom. The van der Waals surface area contributed by atoms with Crippen LogP contribution in [0, 0.1) is 0 Å². The Morgan fingerprint density at radius 1 is 0.960 bits per heavy atom. The van der Waals surface area contributed by atoms with Crippen molar-refractivity contribution in [2.75, 3.05) is 12.0 Å². The summed E-state index contributed by atoms with van der Waals surface area (Å²) in [5.41, 5.74) is 6.20. The van der Waals surface area contributed by atoms with Gasteiger partial charge in [-0.3, -0.25) is 15.6 Å². The van der Waals surface area contributed by atoms with E-state index in [0.717, 1.165) is 18.5 Å². The Morgan fingerprint density at radius 2 is 1.60 bits per heavy atom. The number of anilines is 1. The Bertz CT molecular complexity index is 810. The van der Waals surface area contributed by atoms with Crippen molar-refractivity contribution in [3.05, 3.63) is 60.7 Å². The predicted molar refractivity (Wildman–Crippen MR) is 96.2 cm³/mol. The first-order valence-corrected chi connectivity index (χ1v) is 9.71. The van der Waals surface area contributed by atoms with Crippen molar-refractivity contribution >= 4 is 21.6 Å². The summed E-state index contributed by atoms with van der Waals surface area (Å²) in [6, 6.07) is 16.7. The molecule has 1 unspecified atom stereocenters. The van der Waals surface area contributed by atoms with E-state index < -0.39 is 16.1 Å². The molecule has 132 valence electrons. The maximum Gasteiger partial charge on any atom is 0.256 e. The van der Waals surface area contributed by atoms with E-state index in [1.165, 1.54) is 4.31 Å². The van der Waals surface area contributed by atoms with Crippen LogP contribution in [-0.4, -0.2) is 31.2 Å². The second-order valence-electron chi connectivity index (χ2n) is 5.92. The van der Waals surface area contributed by atoms with Gasteiger partial charge in [-0.2, -0.15) is 4.31 Å². The van der Waals surface area contributed by atoms with Crippen LogP contribution in [0.1, 0.15) is 19.3 Å². The molecule has 7 heteroatoms. The lowest BCUT2D eigenvalue weighted by molar-refractivity contribution is -0.125. The number of para-hydroxylation sites is 1. The molecule has 1 amide bonds. The van der Waals surface area contributed by atoms with Gasteiger partial charge in [0, 0.05) is 6.54 Å². The van der Waals surface area contributed by atoms with Crippen molar-refractivity contribution in [3.8, 4) is 0 Å². The van der Waals surface area contributed by atoms with Crippen LogP contribution < -0.4 is 10.9 Å². The van der Waals surface area contributed by atoms with Gasteiger partial charge in [-0.1, -0.05) is 42.8 Å². The third-order valence-electron chi connectivity index (χ3n) is 4.21. The zero-order chi connectivity index (χ0) is 17.7. The number of rotatable bonds is 5. The van der Waals surface area contributed by atoms with Gasteiger partial charge in [0.15, 0.2) is 0 Å². The van der Waals surface area contributed by atoms with Gasteiger partial charge in [0.05, 0.1) is 10.6 Å². The fourth-order valence-electron chi connectivity index (χ4n) is 2.92. The monoisotopic (exact) mass is 359 g/mol. The highest BCUT2D eigenvalue weighted by molar-refractivity contribution is 7.89. The second kappa shape index (κ2) is 7.67. The summed E-state index contributed by atoms with van der Waals surface area (Å²) in [5, 5.41) is 0. The molecule has 1 heterocycles. The lowest BCUT2D eigenvalue weighted by atomic mass is 10.0. The normalized spacial score (nSPS) is 18.5. The first-order valence-electron chi connectivity index (χ1n) is 8.27. The van der Waals surface area contributed by atoms with E-state index in [2.05, 4.69) is 10.9 Å². The van der Waals surface area contributed by atoms with Crippen LogP contribution in [0.15, 0.2) is 65.6 Å². The Hall–Kier alpha value is -2.38. The molecule has 1 fully saturated rings. The van der Waals surface area contributed by atoms with E-state index >= 15 is 0 Å². The number of carbonyl (C=O) groups is 1. The highest BCUT2D eigenvalue weighted by Crippen LogP contribution is 2.25. The van der Waals surface area contributed by atoms with Gasteiger partial charge in [-0.25, -0.2) is 8.42 Å². The molecule has 2 aromatic rings. The zero-order valence-electron chi connectivity index (χ0n) is 13.8. The van der Waals surface area contributed by atoms with E-state index in [1.807, 2.05) is 30.3 Å². The molecule has 0 spiro atoms. The SMILES string of the molecule is O=C(NNc1ccccc1)C1CCCCN1S(=O)(=O)c1ccccc1. The number of carbonyl (C=O) groups excluding carboxylic acids is 1. The molecule has 1 saturated heterocycles. The summed E-state index contributed by atoms with van der Waals surface area (Å²) in [6.45, 7) is 0.348. The molecule has 1 aliphatic rings. The molecule has 0 aromatic heterocycles. The average Bonchev–Trinajstić information content (AvgIpc) is 2.67. The number of sulfonamides is 1. The molecule has 3 rings (SSSR count). The summed E-state index contributed by atoms with van der Waals surface area (Å²) in [5.74, 6) is -0.344. The largest absolute Gasteiger partial charge is 0.299 e. The standard InChI is InChI=1S/C18H21N3O3S/c22-18(20-19-15-9-3-1-4-10-15)17-13-7-8-14-21(17)25(23,24)16-11-5-2-6-12-16/h1-6,9-12,17,19H,7-8,13-14H2,(H,20,22). The van der Waals surface area contributed by atoms with Crippen LogP contribution in [0.3, 0.4) is 0 Å². The molecule has 2 N–H and O–H groups in total. The number of amides is 1. The van der Waals surface area contributed by atoms with Gasteiger partial charge in [-0.05, 0) is 37.1 Å². The van der Waals surface area contributed by atoms with Crippen molar-refractivity contribution in [2.24, 2.45) is 0 Å². The summed E-state index contributed by atoms with van der Waals surface area (Å²) < 4.78 is 27.1. The fourth-order valence-corrected chi connectivity index (χ4v) is 4.60. The third-order valence-corrected chi connectivity index (χ3v) is 6.13. The van der Waals surface area contributed by atoms with Crippen LogP contribution in [-0.2, 0) is 14.8 Å². The van der Waals surface area contributed by atoms with Crippen molar-refractivity contribution in [2.45, 2.75) is 30.2 Å². The van der Waals surface area contributed by atoms with Crippen molar-refractivity contribution in [1.82, 2.24) is 9.73 Å². The van der Waals surface area contributed by atoms with Gasteiger partial charge < -0.3 is 0 Å². The Kier molecular flexibility index (Phi) is 5.35. The number of hydrazine groups is 1. The van der Waals surface area contributed by atoms with Crippen LogP contribution in [0.2, 0.25) is 0 Å². The Labute approximate surface area is 147 Å². The smallest absolute Gasteiger partial charge is 0.256 e. The average molecular weight is 359 g/mol. The number of nitrogens with zero attached hydrogens (tertiary/aromatic N) is 1. The molecule has 25 heavy (non-hydrogen) atoms. The predicted octanol–water partition coefficient (Wildman–Crippen LogP) is 2.37. The number of hydrogen-bond donors (Lipinski definition) is 2. The molecule has 6 nitrogen and oxygen atoms in total. The first kappa shape index (κ1) is 17.4. The highest BCUT2D eigenvalue weighted by Gasteiger charge is 2.37. The van der Waals surface area contributed by atoms with Crippen molar-refractivity contribution in [3.63, 3.8) is 0 Å². The topological polar surface area (TPSA) is 78.5 Å². The van der Waals surface area contributed by atoms with E-state index in [1.54, 1.807) is 30.3 Å². The maximum absolute atomic E-state index is 12.9. The molecular weight excluding hydrogens is 338 g/mol. The van der Waals surface area contributed by atoms with Gasteiger partial charge in [0.2, 0.25) is 10.0 Å². The number of piperidine rings is 1. The Balaban J connectivity index is 1.75. The highest BCUT2D eigenvalue weighted by atomic mass is 32.2. The second-order valence-corrected chi connectivity index (χ2v) is 7.81. The maximum atomic E-state index is 12.9. The van der Waals surface area contributed by atoms with E-state index in [-0.39, 0.29) is 10.8 Å². The van der Waals surface area contributed by atoms with Crippen molar-refractivity contribution in [1.29, 1.82) is 0 Å². The third kappa shape index (κ3) is 4.00. The summed E-state index contributed by atoms with van der Waals surface area (Å²) in [6.07, 6.45) is 2.08. The van der Waals surface area contributed by atoms with E-state index in [0.29, 0.717) is 13.0 Å². The number of hydrogen-bond acceptors (Lipinski definition) is 4. The van der Waals surface area contributed by atoms with Crippen LogP contribution in [0.5, 0.6) is 0 Å². The molecular formula is C18H21N3O3S. The molecule has 0 radical (unpaired) electrons. The van der Waals surface area contributed by atoms with Crippen LogP contribution in [0.25, 0.3) is 0 Å². The quantitative estimate of drug-likeness (QED) is 0.804. The molecule has 0 saturated carbocycles. The fraction of sp³-hybridized carbons (Fsp3) is 0.278.